The second-order valence-corrected chi connectivity index (χ2v) is 15.7. The predicted octanol–water partition coefficient (Wildman–Crippen LogP) is 10.1. The van der Waals surface area contributed by atoms with Crippen LogP contribution < -0.4 is 4.74 Å². The van der Waals surface area contributed by atoms with Crippen molar-refractivity contribution in [1.29, 1.82) is 0 Å². The van der Waals surface area contributed by atoms with Gasteiger partial charge in [0.25, 0.3) is 0 Å². The number of phenolic OH excluding ortho intramolecular Hbond substituents is 1. The van der Waals surface area contributed by atoms with Gasteiger partial charge in [-0.05, 0) is 57.7 Å². The van der Waals surface area contributed by atoms with Crippen molar-refractivity contribution in [3.8, 4) is 34.3 Å². The second kappa shape index (κ2) is 12.1. The number of nitrogens with zero attached hydrogens (tertiary/aromatic N) is 5. The van der Waals surface area contributed by atoms with Crippen molar-refractivity contribution in [1.82, 2.24) is 23.9 Å². The molecule has 4 heterocycles. The summed E-state index contributed by atoms with van der Waals surface area (Å²) >= 11 is 0. The first-order valence-corrected chi connectivity index (χ1v) is 16.4. The van der Waals surface area contributed by atoms with Crippen LogP contribution in [0, 0.1) is 6.07 Å². The predicted molar refractivity (Wildman–Crippen MR) is 194 cm³/mol. The normalized spacial score (nSPS) is 12.5. The van der Waals surface area contributed by atoms with Crippen LogP contribution in [0.25, 0.3) is 44.9 Å². The maximum Gasteiger partial charge on any atom is 0.223 e. The molecule has 0 saturated heterocycles. The first-order chi connectivity index (χ1) is 22.6. The van der Waals surface area contributed by atoms with Gasteiger partial charge in [-0.2, -0.15) is 4.98 Å². The van der Waals surface area contributed by atoms with Crippen LogP contribution in [-0.2, 0) is 37.3 Å². The molecule has 0 aliphatic rings. The minimum atomic E-state index is -0.241. The fourth-order valence-corrected chi connectivity index (χ4v) is 6.15. The summed E-state index contributed by atoms with van der Waals surface area (Å²) in [5.41, 5.74) is 7.90. The fourth-order valence-electron chi connectivity index (χ4n) is 6.15. The summed E-state index contributed by atoms with van der Waals surface area (Å²) in [5, 5.41) is 11.5. The minimum absolute atomic E-state index is 0. The molecule has 0 fully saturated rings. The van der Waals surface area contributed by atoms with Gasteiger partial charge in [-0.1, -0.05) is 104 Å². The van der Waals surface area contributed by atoms with Crippen LogP contribution >= 0.6 is 0 Å². The number of imidazole rings is 2. The standard InChI is InChI=1S/C41H42N5O2.Pt/c1-39(2,3)26-16-17-31-33(24-26)45-32-18-19-35(44-37(32)46(38(45)43-31)34-15-10-11-20-42-34)48-28-14-12-13-25(21-28)29-22-27(40(4,5)6)23-30(36(29)47)41(7,8)9;/h10-20,22-24,47H,1-9H3;/q-1;. The molecule has 3 aromatic carbocycles. The molecule has 0 bridgehead atoms. The Morgan fingerprint density at radius 2 is 1.47 bits per heavy atom. The summed E-state index contributed by atoms with van der Waals surface area (Å²) < 4.78 is 10.5. The SMILES string of the molecule is CC(C)(C)c1cc(-c2[c-]c(Oc3ccc4c(n3)n(-c3ccccn3)c3nc5ccc(C(C)(C)C)cc5n43)ccc2)c(O)c(C(C)(C)C)c1.[Pt]. The van der Waals surface area contributed by atoms with Crippen LogP contribution in [0.2, 0.25) is 0 Å². The summed E-state index contributed by atoms with van der Waals surface area (Å²) in [6, 6.07) is 29.5. The first-order valence-electron chi connectivity index (χ1n) is 16.4. The summed E-state index contributed by atoms with van der Waals surface area (Å²) in [6.45, 7) is 19.6. The molecule has 0 saturated carbocycles. The Kier molecular flexibility index (Phi) is 8.52. The van der Waals surface area contributed by atoms with Gasteiger partial charge in [0.2, 0.25) is 11.7 Å². The average molecular weight is 832 g/mol. The summed E-state index contributed by atoms with van der Waals surface area (Å²) in [6.07, 6.45) is 1.77. The fraction of sp³-hybridized carbons (Fsp3) is 0.293. The number of aromatic nitrogens is 5. The van der Waals surface area contributed by atoms with E-state index in [2.05, 4.69) is 108 Å². The van der Waals surface area contributed by atoms with E-state index in [1.165, 1.54) is 5.56 Å². The maximum absolute atomic E-state index is 11.5. The van der Waals surface area contributed by atoms with Crippen molar-refractivity contribution in [2.45, 2.75) is 78.6 Å². The third-order valence-electron chi connectivity index (χ3n) is 8.92. The number of hydrogen-bond acceptors (Lipinski definition) is 5. The van der Waals surface area contributed by atoms with Gasteiger partial charge in [-0.25, -0.2) is 14.5 Å². The van der Waals surface area contributed by atoms with E-state index in [0.717, 1.165) is 44.6 Å². The molecule has 8 heteroatoms. The summed E-state index contributed by atoms with van der Waals surface area (Å²) in [4.78, 5) is 14.7. The van der Waals surface area contributed by atoms with Crippen molar-refractivity contribution < 1.29 is 30.9 Å². The van der Waals surface area contributed by atoms with Crippen molar-refractivity contribution in [3.63, 3.8) is 0 Å². The maximum atomic E-state index is 11.5. The molecule has 0 unspecified atom stereocenters. The number of fused-ring (bicyclic) bond motifs is 5. The second-order valence-electron chi connectivity index (χ2n) is 15.7. The number of pyridine rings is 2. The van der Waals surface area contributed by atoms with Crippen LogP contribution in [0.4, 0.5) is 0 Å². The number of benzene rings is 3. The van der Waals surface area contributed by atoms with Crippen molar-refractivity contribution >= 4 is 28.0 Å². The van der Waals surface area contributed by atoms with E-state index in [1.54, 1.807) is 6.20 Å². The topological polar surface area (TPSA) is 77.5 Å². The molecule has 7 aromatic rings. The first kappa shape index (κ1) is 34.4. The van der Waals surface area contributed by atoms with Gasteiger partial charge in [0.1, 0.15) is 5.82 Å². The molecule has 49 heavy (non-hydrogen) atoms. The monoisotopic (exact) mass is 831 g/mol. The molecule has 0 amide bonds. The third kappa shape index (κ3) is 6.25. The van der Waals surface area contributed by atoms with Crippen LogP contribution in [0.1, 0.15) is 79.0 Å². The Balaban J connectivity index is 0.00000417. The van der Waals surface area contributed by atoms with Gasteiger partial charge >= 0.3 is 0 Å². The van der Waals surface area contributed by atoms with Gasteiger partial charge in [-0.15, -0.1) is 23.8 Å². The number of ether oxygens (including phenoxy) is 1. The van der Waals surface area contributed by atoms with E-state index in [-0.39, 0.29) is 43.1 Å². The van der Waals surface area contributed by atoms with Gasteiger partial charge < -0.3 is 9.84 Å². The third-order valence-corrected chi connectivity index (χ3v) is 8.92. The molecule has 0 spiro atoms. The Bertz CT molecular complexity index is 2340. The van der Waals surface area contributed by atoms with Gasteiger partial charge in [0.05, 0.1) is 22.3 Å². The van der Waals surface area contributed by atoms with Crippen molar-refractivity contribution in [3.05, 3.63) is 108 Å². The number of aromatic hydroxyl groups is 1. The average Bonchev–Trinajstić information content (AvgIpc) is 3.53. The molecule has 0 aliphatic carbocycles. The Morgan fingerprint density at radius 1 is 0.714 bits per heavy atom. The summed E-state index contributed by atoms with van der Waals surface area (Å²) in [5.74, 6) is 2.62. The minimum Gasteiger partial charge on any atom is -0.517 e. The van der Waals surface area contributed by atoms with E-state index >= 15 is 0 Å². The van der Waals surface area contributed by atoms with Crippen molar-refractivity contribution in [2.24, 2.45) is 0 Å². The Hall–Kier alpha value is -4.48. The van der Waals surface area contributed by atoms with Crippen molar-refractivity contribution in [2.75, 3.05) is 0 Å². The Morgan fingerprint density at radius 3 is 2.14 bits per heavy atom. The van der Waals surface area contributed by atoms with E-state index in [4.69, 9.17) is 14.7 Å². The van der Waals surface area contributed by atoms with E-state index in [1.807, 2.05) is 53.1 Å². The van der Waals surface area contributed by atoms with E-state index in [9.17, 15) is 5.11 Å². The van der Waals surface area contributed by atoms with Crippen LogP contribution in [0.15, 0.2) is 85.1 Å². The quantitative estimate of drug-likeness (QED) is 0.179. The smallest absolute Gasteiger partial charge is 0.223 e. The van der Waals surface area contributed by atoms with Crippen LogP contribution in [-0.4, -0.2) is 29.0 Å². The molecule has 0 atom stereocenters. The zero-order valence-electron chi connectivity index (χ0n) is 29.5. The number of phenols is 1. The molecule has 1 N–H and O–H groups in total. The summed E-state index contributed by atoms with van der Waals surface area (Å²) in [7, 11) is 0. The molecule has 0 aliphatic heterocycles. The molecule has 7 nitrogen and oxygen atoms in total. The van der Waals surface area contributed by atoms with Crippen LogP contribution in [0.3, 0.4) is 0 Å². The van der Waals surface area contributed by atoms with Crippen LogP contribution in [0.5, 0.6) is 17.4 Å². The molecule has 0 radical (unpaired) electrons. The van der Waals surface area contributed by atoms with Gasteiger partial charge in [-0.3, -0.25) is 4.40 Å². The molecular formula is C41H42N5O2Pt-. The molecular weight excluding hydrogens is 790 g/mol. The van der Waals surface area contributed by atoms with Gasteiger partial charge in [0, 0.05) is 39.1 Å². The zero-order valence-corrected chi connectivity index (χ0v) is 31.8. The largest absolute Gasteiger partial charge is 0.517 e. The molecule has 254 valence electrons. The van der Waals surface area contributed by atoms with E-state index in [0.29, 0.717) is 23.1 Å². The Labute approximate surface area is 302 Å². The number of rotatable bonds is 4. The zero-order chi connectivity index (χ0) is 34.2. The number of hydrogen-bond donors (Lipinski definition) is 1. The molecule has 7 rings (SSSR count). The van der Waals surface area contributed by atoms with E-state index < -0.39 is 0 Å². The van der Waals surface area contributed by atoms with Gasteiger partial charge in [0.15, 0.2) is 5.65 Å². The molecule has 4 aromatic heterocycles.